The van der Waals surface area contributed by atoms with Gasteiger partial charge in [0.15, 0.2) is 0 Å². The van der Waals surface area contributed by atoms with E-state index in [2.05, 4.69) is 15.5 Å². The summed E-state index contributed by atoms with van der Waals surface area (Å²) in [5.74, 6) is -0.156. The molecule has 3 aromatic rings. The number of hydrogen-bond donors (Lipinski definition) is 1. The standard InChI is InChI=1S/C14H12ClN3O2S/c1-2-13-17-18-14(21-13)16-12(19)5-8-7-20-11-4-3-9(15)6-10(8)11/h3-4,6-7H,2,5H2,1H3,(H,16,18,19). The highest BCUT2D eigenvalue weighted by atomic mass is 35.5. The van der Waals surface area contributed by atoms with Crippen LogP contribution in [0.1, 0.15) is 17.5 Å². The number of nitrogens with zero attached hydrogens (tertiary/aromatic N) is 2. The minimum Gasteiger partial charge on any atom is -0.464 e. The molecule has 0 atom stereocenters. The van der Waals surface area contributed by atoms with Crippen LogP contribution >= 0.6 is 22.9 Å². The van der Waals surface area contributed by atoms with Crippen LogP contribution in [-0.2, 0) is 17.6 Å². The number of nitrogens with one attached hydrogen (secondary N) is 1. The van der Waals surface area contributed by atoms with Gasteiger partial charge in [-0.2, -0.15) is 0 Å². The van der Waals surface area contributed by atoms with Crippen molar-refractivity contribution in [1.82, 2.24) is 10.2 Å². The third-order valence-corrected chi connectivity index (χ3v) is 4.20. The molecule has 3 rings (SSSR count). The number of carbonyl (C=O) groups excluding carboxylic acids is 1. The largest absolute Gasteiger partial charge is 0.464 e. The molecule has 0 radical (unpaired) electrons. The lowest BCUT2D eigenvalue weighted by Gasteiger charge is -1.99. The lowest BCUT2D eigenvalue weighted by atomic mass is 10.1. The zero-order chi connectivity index (χ0) is 14.8. The van der Waals surface area contributed by atoms with Crippen molar-refractivity contribution in [2.45, 2.75) is 19.8 Å². The van der Waals surface area contributed by atoms with E-state index < -0.39 is 0 Å². The van der Waals surface area contributed by atoms with Crippen LogP contribution in [0.15, 0.2) is 28.9 Å². The van der Waals surface area contributed by atoms with E-state index in [1.807, 2.05) is 6.92 Å². The molecule has 0 saturated carbocycles. The minimum absolute atomic E-state index is 0.156. The Morgan fingerprint density at radius 1 is 1.43 bits per heavy atom. The van der Waals surface area contributed by atoms with Gasteiger partial charge in [-0.1, -0.05) is 29.9 Å². The number of amides is 1. The molecule has 2 aromatic heterocycles. The Morgan fingerprint density at radius 3 is 3.05 bits per heavy atom. The molecule has 0 aliphatic heterocycles. The van der Waals surface area contributed by atoms with E-state index in [1.165, 1.54) is 11.3 Å². The Hall–Kier alpha value is -1.92. The molecule has 0 aliphatic rings. The first-order valence-electron chi connectivity index (χ1n) is 6.43. The number of anilines is 1. The second-order valence-electron chi connectivity index (χ2n) is 4.48. The molecule has 1 N–H and O–H groups in total. The molecule has 2 heterocycles. The predicted molar refractivity (Wildman–Crippen MR) is 82.8 cm³/mol. The van der Waals surface area contributed by atoms with E-state index in [-0.39, 0.29) is 12.3 Å². The number of hydrogen-bond acceptors (Lipinski definition) is 5. The third-order valence-electron chi connectivity index (χ3n) is 2.98. The van der Waals surface area contributed by atoms with Gasteiger partial charge in [-0.25, -0.2) is 0 Å². The first kappa shape index (κ1) is 14.0. The van der Waals surface area contributed by atoms with E-state index in [1.54, 1.807) is 24.5 Å². The molecule has 7 heteroatoms. The summed E-state index contributed by atoms with van der Waals surface area (Å²) in [4.78, 5) is 12.1. The second-order valence-corrected chi connectivity index (χ2v) is 5.98. The topological polar surface area (TPSA) is 68.0 Å². The maximum atomic E-state index is 12.1. The van der Waals surface area contributed by atoms with Gasteiger partial charge in [0.1, 0.15) is 10.6 Å². The van der Waals surface area contributed by atoms with Crippen LogP contribution in [0.4, 0.5) is 5.13 Å². The molecule has 0 fully saturated rings. The van der Waals surface area contributed by atoms with Crippen LogP contribution in [0, 0.1) is 0 Å². The first-order chi connectivity index (χ1) is 10.2. The SMILES string of the molecule is CCc1nnc(NC(=O)Cc2coc3ccc(Cl)cc23)s1. The zero-order valence-electron chi connectivity index (χ0n) is 11.2. The highest BCUT2D eigenvalue weighted by Gasteiger charge is 2.12. The fourth-order valence-electron chi connectivity index (χ4n) is 1.97. The molecule has 0 bridgehead atoms. The third kappa shape index (κ3) is 3.06. The lowest BCUT2D eigenvalue weighted by molar-refractivity contribution is -0.115. The summed E-state index contributed by atoms with van der Waals surface area (Å²) >= 11 is 7.35. The number of aryl methyl sites for hydroxylation is 1. The minimum atomic E-state index is -0.156. The Labute approximate surface area is 129 Å². The van der Waals surface area contributed by atoms with Crippen molar-refractivity contribution < 1.29 is 9.21 Å². The van der Waals surface area contributed by atoms with Gasteiger partial charge in [-0.05, 0) is 24.6 Å². The highest BCUT2D eigenvalue weighted by molar-refractivity contribution is 7.15. The number of furan rings is 1. The number of halogens is 1. The Balaban J connectivity index is 1.75. The predicted octanol–water partition coefficient (Wildman–Crippen LogP) is 3.68. The molecule has 21 heavy (non-hydrogen) atoms. The molecular formula is C14H12ClN3O2S. The molecular weight excluding hydrogens is 310 g/mol. The van der Waals surface area contributed by atoms with Crippen molar-refractivity contribution in [1.29, 1.82) is 0 Å². The summed E-state index contributed by atoms with van der Waals surface area (Å²) in [6.07, 6.45) is 2.59. The van der Waals surface area contributed by atoms with Gasteiger partial charge in [-0.3, -0.25) is 4.79 Å². The van der Waals surface area contributed by atoms with Crippen LogP contribution in [0.25, 0.3) is 11.0 Å². The Morgan fingerprint density at radius 2 is 2.29 bits per heavy atom. The van der Waals surface area contributed by atoms with Crippen LogP contribution in [0.5, 0.6) is 0 Å². The molecule has 5 nitrogen and oxygen atoms in total. The number of benzene rings is 1. The van der Waals surface area contributed by atoms with Crippen molar-refractivity contribution >= 4 is 44.9 Å². The molecule has 1 amide bonds. The van der Waals surface area contributed by atoms with E-state index in [0.717, 1.165) is 22.4 Å². The summed E-state index contributed by atoms with van der Waals surface area (Å²) in [5, 5.41) is 13.5. The van der Waals surface area contributed by atoms with Gasteiger partial charge in [0, 0.05) is 16.0 Å². The zero-order valence-corrected chi connectivity index (χ0v) is 12.8. The van der Waals surface area contributed by atoms with Crippen molar-refractivity contribution in [3.8, 4) is 0 Å². The van der Waals surface area contributed by atoms with E-state index in [9.17, 15) is 4.79 Å². The smallest absolute Gasteiger partial charge is 0.230 e. The number of aromatic nitrogens is 2. The quantitative estimate of drug-likeness (QED) is 0.796. The summed E-state index contributed by atoms with van der Waals surface area (Å²) in [5.41, 5.74) is 1.51. The van der Waals surface area contributed by atoms with Gasteiger partial charge < -0.3 is 9.73 Å². The summed E-state index contributed by atoms with van der Waals surface area (Å²) in [6, 6.07) is 5.34. The molecule has 108 valence electrons. The average Bonchev–Trinajstić information content (AvgIpc) is 3.06. The van der Waals surface area contributed by atoms with Crippen molar-refractivity contribution in [2.75, 3.05) is 5.32 Å². The summed E-state index contributed by atoms with van der Waals surface area (Å²) < 4.78 is 5.41. The molecule has 0 aliphatic carbocycles. The van der Waals surface area contributed by atoms with Crippen molar-refractivity contribution in [2.24, 2.45) is 0 Å². The van der Waals surface area contributed by atoms with Crippen molar-refractivity contribution in [3.05, 3.63) is 40.1 Å². The van der Waals surface area contributed by atoms with Gasteiger partial charge in [0.25, 0.3) is 0 Å². The fraction of sp³-hybridized carbons (Fsp3) is 0.214. The van der Waals surface area contributed by atoms with Gasteiger partial charge in [-0.15, -0.1) is 10.2 Å². The van der Waals surface area contributed by atoms with E-state index in [4.69, 9.17) is 16.0 Å². The van der Waals surface area contributed by atoms with Gasteiger partial charge in [0.05, 0.1) is 12.7 Å². The average molecular weight is 322 g/mol. The molecule has 0 spiro atoms. The summed E-state index contributed by atoms with van der Waals surface area (Å²) in [7, 11) is 0. The monoisotopic (exact) mass is 321 g/mol. The van der Waals surface area contributed by atoms with Gasteiger partial charge in [0.2, 0.25) is 11.0 Å². The fourth-order valence-corrected chi connectivity index (χ4v) is 2.84. The normalized spacial score (nSPS) is 11.0. The van der Waals surface area contributed by atoms with Gasteiger partial charge >= 0.3 is 0 Å². The maximum Gasteiger partial charge on any atom is 0.230 e. The van der Waals surface area contributed by atoms with E-state index in [0.29, 0.717) is 15.7 Å². The van der Waals surface area contributed by atoms with Crippen molar-refractivity contribution in [3.63, 3.8) is 0 Å². The number of carbonyl (C=O) groups is 1. The Kier molecular flexibility index (Phi) is 3.90. The number of rotatable bonds is 4. The lowest BCUT2D eigenvalue weighted by Crippen LogP contribution is -2.13. The number of fused-ring (bicyclic) bond motifs is 1. The molecule has 0 unspecified atom stereocenters. The first-order valence-corrected chi connectivity index (χ1v) is 7.63. The summed E-state index contributed by atoms with van der Waals surface area (Å²) in [6.45, 7) is 1.99. The molecule has 0 saturated heterocycles. The second kappa shape index (κ2) is 5.83. The highest BCUT2D eigenvalue weighted by Crippen LogP contribution is 2.25. The van der Waals surface area contributed by atoms with Crippen LogP contribution in [0.3, 0.4) is 0 Å². The maximum absolute atomic E-state index is 12.1. The van der Waals surface area contributed by atoms with E-state index >= 15 is 0 Å². The van der Waals surface area contributed by atoms with Crippen LogP contribution in [-0.4, -0.2) is 16.1 Å². The molecule has 1 aromatic carbocycles. The van der Waals surface area contributed by atoms with Crippen LogP contribution < -0.4 is 5.32 Å². The Bertz CT molecular complexity index is 796. The van der Waals surface area contributed by atoms with Crippen LogP contribution in [0.2, 0.25) is 5.02 Å².